The summed E-state index contributed by atoms with van der Waals surface area (Å²) in [5.74, 6) is -4.28. The predicted octanol–water partition coefficient (Wildman–Crippen LogP) is 6.32. The Morgan fingerprint density at radius 1 is 1.06 bits per heavy atom. The maximum absolute atomic E-state index is 13.9. The van der Waals surface area contributed by atoms with Crippen LogP contribution >= 0.6 is 0 Å². The van der Waals surface area contributed by atoms with E-state index in [2.05, 4.69) is 43.2 Å². The molecule has 4 nitrogen and oxygen atoms in total. The standard InChI is InChI=1S/C23H31F3N2O2SSi/c1-22(2,3)31(29)28-21(16-11-17(24)20(26)18(25)12-16)19-10-9-15(13-27-19)14-30-32(7,8)23(4,5)6/h9-13H,14H2,1-8H3. The van der Waals surface area contributed by atoms with E-state index >= 15 is 0 Å². The van der Waals surface area contributed by atoms with Gasteiger partial charge >= 0.3 is 0 Å². The Morgan fingerprint density at radius 3 is 2.06 bits per heavy atom. The first-order valence-corrected chi connectivity index (χ1v) is 14.3. The maximum atomic E-state index is 13.9. The van der Waals surface area contributed by atoms with Gasteiger partial charge in [-0.15, -0.1) is 0 Å². The second kappa shape index (κ2) is 9.57. The normalized spacial score (nSPS) is 14.5. The van der Waals surface area contributed by atoms with Gasteiger partial charge < -0.3 is 4.43 Å². The monoisotopic (exact) mass is 484 g/mol. The van der Waals surface area contributed by atoms with Crippen LogP contribution in [0.5, 0.6) is 0 Å². The van der Waals surface area contributed by atoms with Crippen LogP contribution in [-0.2, 0) is 22.0 Å². The van der Waals surface area contributed by atoms with E-state index < -0.39 is 41.5 Å². The summed E-state index contributed by atoms with van der Waals surface area (Å²) in [5.41, 5.74) is 1.07. The lowest BCUT2D eigenvalue weighted by Gasteiger charge is -2.36. The van der Waals surface area contributed by atoms with Gasteiger partial charge in [-0.3, -0.25) is 4.98 Å². The third kappa shape index (κ3) is 6.36. The van der Waals surface area contributed by atoms with Crippen molar-refractivity contribution < 1.29 is 21.8 Å². The minimum absolute atomic E-state index is 0.0212. The summed E-state index contributed by atoms with van der Waals surface area (Å²) in [6.07, 6.45) is 1.59. The SMILES string of the molecule is CC(C)(C)S(=O)N=C(c1cc(F)c(F)c(F)c1)c1ccc(CO[Si](C)(C)C(C)(C)C)cn1. The molecule has 1 unspecified atom stereocenters. The molecule has 0 amide bonds. The lowest BCUT2D eigenvalue weighted by Crippen LogP contribution is -2.40. The molecule has 1 aromatic heterocycles. The number of rotatable bonds is 6. The van der Waals surface area contributed by atoms with Crippen LogP contribution in [0.25, 0.3) is 0 Å². The first-order chi connectivity index (χ1) is 14.5. The number of pyridine rings is 1. The number of nitrogens with zero attached hydrogens (tertiary/aromatic N) is 2. The van der Waals surface area contributed by atoms with E-state index in [1.807, 2.05) is 0 Å². The first-order valence-electron chi connectivity index (χ1n) is 10.3. The van der Waals surface area contributed by atoms with Gasteiger partial charge in [-0.2, -0.15) is 4.40 Å². The van der Waals surface area contributed by atoms with Crippen molar-refractivity contribution in [1.82, 2.24) is 4.98 Å². The molecule has 176 valence electrons. The summed E-state index contributed by atoms with van der Waals surface area (Å²) in [5, 5.41) is 0.0634. The highest BCUT2D eigenvalue weighted by Gasteiger charge is 2.37. The van der Waals surface area contributed by atoms with Crippen LogP contribution < -0.4 is 0 Å². The lowest BCUT2D eigenvalue weighted by molar-refractivity contribution is 0.276. The predicted molar refractivity (Wildman–Crippen MR) is 126 cm³/mol. The summed E-state index contributed by atoms with van der Waals surface area (Å²) in [6, 6.07) is 5.06. The number of aromatic nitrogens is 1. The fraction of sp³-hybridized carbons (Fsp3) is 0.478. The van der Waals surface area contributed by atoms with Crippen LogP contribution in [0.1, 0.15) is 58.4 Å². The molecule has 32 heavy (non-hydrogen) atoms. The van der Waals surface area contributed by atoms with Gasteiger partial charge in [0, 0.05) is 11.8 Å². The molecule has 1 heterocycles. The Labute approximate surface area is 192 Å². The molecule has 0 saturated heterocycles. The van der Waals surface area contributed by atoms with Gasteiger partial charge in [0.15, 0.2) is 25.8 Å². The largest absolute Gasteiger partial charge is 0.413 e. The second-order valence-corrected chi connectivity index (χ2v) is 16.9. The third-order valence-corrected chi connectivity index (χ3v) is 11.3. The van der Waals surface area contributed by atoms with Crippen molar-refractivity contribution in [2.75, 3.05) is 0 Å². The molecule has 0 aliphatic rings. The summed E-state index contributed by atoms with van der Waals surface area (Å²) < 4.78 is 63.6. The van der Waals surface area contributed by atoms with Gasteiger partial charge in [0.1, 0.15) is 16.7 Å². The lowest BCUT2D eigenvalue weighted by atomic mass is 10.1. The minimum Gasteiger partial charge on any atom is -0.413 e. The van der Waals surface area contributed by atoms with Gasteiger partial charge in [0.25, 0.3) is 0 Å². The molecule has 1 aromatic carbocycles. The first kappa shape index (κ1) is 26.4. The van der Waals surface area contributed by atoms with Crippen LogP contribution in [0.3, 0.4) is 0 Å². The average molecular weight is 485 g/mol. The molecule has 0 aliphatic heterocycles. The molecule has 1 atom stereocenters. The van der Waals surface area contributed by atoms with Crippen molar-refractivity contribution in [2.24, 2.45) is 4.40 Å². The minimum atomic E-state index is -1.95. The van der Waals surface area contributed by atoms with Gasteiger partial charge in [0.2, 0.25) is 0 Å². The van der Waals surface area contributed by atoms with E-state index in [1.54, 1.807) is 39.1 Å². The van der Waals surface area contributed by atoms with E-state index in [4.69, 9.17) is 4.43 Å². The molecule has 0 spiro atoms. The smallest absolute Gasteiger partial charge is 0.194 e. The van der Waals surface area contributed by atoms with Crippen molar-refractivity contribution in [3.63, 3.8) is 0 Å². The number of benzene rings is 1. The Balaban J connectivity index is 2.43. The molecule has 0 radical (unpaired) electrons. The highest BCUT2D eigenvalue weighted by atomic mass is 32.2. The van der Waals surface area contributed by atoms with E-state index in [1.165, 1.54) is 0 Å². The van der Waals surface area contributed by atoms with Crippen molar-refractivity contribution in [1.29, 1.82) is 0 Å². The molecule has 0 N–H and O–H groups in total. The molecule has 2 rings (SSSR count). The highest BCUT2D eigenvalue weighted by Crippen LogP contribution is 2.37. The van der Waals surface area contributed by atoms with Crippen LogP contribution in [0.4, 0.5) is 13.2 Å². The van der Waals surface area contributed by atoms with Crippen molar-refractivity contribution >= 4 is 25.0 Å². The fourth-order valence-electron chi connectivity index (χ4n) is 2.29. The second-order valence-electron chi connectivity index (χ2n) is 10.2. The number of hydrogen-bond acceptors (Lipinski definition) is 3. The van der Waals surface area contributed by atoms with Crippen LogP contribution in [0.2, 0.25) is 18.1 Å². The van der Waals surface area contributed by atoms with Gasteiger partial charge in [0.05, 0.1) is 17.0 Å². The fourth-order valence-corrected chi connectivity index (χ4v) is 3.89. The van der Waals surface area contributed by atoms with Crippen LogP contribution in [0, 0.1) is 17.5 Å². The molecular weight excluding hydrogens is 453 g/mol. The molecule has 0 bridgehead atoms. The van der Waals surface area contributed by atoms with Gasteiger partial charge in [-0.1, -0.05) is 26.8 Å². The summed E-state index contributed by atoms with van der Waals surface area (Å²) in [4.78, 5) is 4.37. The molecule has 9 heteroatoms. The molecule has 0 aliphatic carbocycles. The van der Waals surface area contributed by atoms with Crippen LogP contribution in [0.15, 0.2) is 34.9 Å². The summed E-state index contributed by atoms with van der Waals surface area (Å²) in [7, 11) is -3.67. The maximum Gasteiger partial charge on any atom is 0.194 e. The zero-order chi connectivity index (χ0) is 24.5. The number of halogens is 3. The highest BCUT2D eigenvalue weighted by molar-refractivity contribution is 7.85. The molecular formula is C23H31F3N2O2SSi. The van der Waals surface area contributed by atoms with Crippen molar-refractivity contribution in [2.45, 2.75) is 71.0 Å². The summed E-state index contributed by atoms with van der Waals surface area (Å²) in [6.45, 7) is 16.3. The van der Waals surface area contributed by atoms with E-state index in [9.17, 15) is 17.4 Å². The Morgan fingerprint density at radius 2 is 1.62 bits per heavy atom. The average Bonchev–Trinajstić information content (AvgIpc) is 2.67. The number of hydrogen-bond donors (Lipinski definition) is 0. The van der Waals surface area contributed by atoms with E-state index in [0.717, 1.165) is 17.7 Å². The van der Waals surface area contributed by atoms with Crippen molar-refractivity contribution in [3.05, 3.63) is 64.7 Å². The topological polar surface area (TPSA) is 51.5 Å². The van der Waals surface area contributed by atoms with Gasteiger partial charge in [-0.05, 0) is 62.7 Å². The Hall–Kier alpha value is -1.84. The Bertz CT molecular complexity index is 1000. The Kier molecular flexibility index (Phi) is 7.90. The van der Waals surface area contributed by atoms with E-state index in [0.29, 0.717) is 6.61 Å². The quantitative estimate of drug-likeness (QED) is 0.274. The van der Waals surface area contributed by atoms with Gasteiger partial charge in [-0.25, -0.2) is 17.4 Å². The molecule has 2 aromatic rings. The van der Waals surface area contributed by atoms with Crippen molar-refractivity contribution in [3.8, 4) is 0 Å². The third-order valence-electron chi connectivity index (χ3n) is 5.43. The van der Waals surface area contributed by atoms with E-state index in [-0.39, 0.29) is 22.0 Å². The summed E-state index contributed by atoms with van der Waals surface area (Å²) >= 11 is 0. The molecule has 0 saturated carbocycles. The zero-order valence-electron chi connectivity index (χ0n) is 19.8. The van der Waals surface area contributed by atoms with Crippen LogP contribution in [-0.4, -0.2) is 28.0 Å². The molecule has 0 fully saturated rings. The zero-order valence-corrected chi connectivity index (χ0v) is 21.7.